The van der Waals surface area contributed by atoms with Crippen molar-refractivity contribution in [1.82, 2.24) is 4.90 Å². The normalized spacial score (nSPS) is 21.3. The summed E-state index contributed by atoms with van der Waals surface area (Å²) in [6.45, 7) is 1.73. The predicted molar refractivity (Wildman–Crippen MR) is 69.6 cm³/mol. The van der Waals surface area contributed by atoms with E-state index in [9.17, 15) is 4.79 Å². The van der Waals surface area contributed by atoms with Crippen molar-refractivity contribution in [3.8, 4) is 0 Å². The van der Waals surface area contributed by atoms with Crippen molar-refractivity contribution in [1.29, 1.82) is 0 Å². The summed E-state index contributed by atoms with van der Waals surface area (Å²) in [5.41, 5.74) is 0. The molecule has 0 radical (unpaired) electrons. The summed E-state index contributed by atoms with van der Waals surface area (Å²) < 4.78 is 1.16. The zero-order valence-electron chi connectivity index (χ0n) is 8.08. The third-order valence-electron chi connectivity index (χ3n) is 2.49. The molecular weight excluding hydrogens is 342 g/mol. The van der Waals surface area contributed by atoms with Crippen molar-refractivity contribution >= 4 is 49.1 Å². The van der Waals surface area contributed by atoms with Gasteiger partial charge in [0.1, 0.15) is 0 Å². The van der Waals surface area contributed by atoms with E-state index in [2.05, 4.69) is 44.0 Å². The first-order valence-electron chi connectivity index (χ1n) is 4.84. The van der Waals surface area contributed by atoms with E-state index in [0.717, 1.165) is 29.7 Å². The molecule has 1 amide bonds. The Kier molecular flexibility index (Phi) is 3.85. The fourth-order valence-electron chi connectivity index (χ4n) is 1.65. The molecule has 1 saturated heterocycles. The minimum atomic E-state index is 0.0487. The summed E-state index contributed by atoms with van der Waals surface area (Å²) in [5, 5.41) is 0. The van der Waals surface area contributed by atoms with Crippen LogP contribution in [0.1, 0.15) is 11.3 Å². The van der Waals surface area contributed by atoms with Gasteiger partial charge in [0, 0.05) is 18.0 Å². The van der Waals surface area contributed by atoms with Gasteiger partial charge in [-0.15, -0.1) is 11.3 Å². The van der Waals surface area contributed by atoms with Gasteiger partial charge in [0.2, 0.25) is 5.91 Å². The Labute approximate surface area is 110 Å². The van der Waals surface area contributed by atoms with Gasteiger partial charge in [0.25, 0.3) is 0 Å². The lowest BCUT2D eigenvalue weighted by molar-refractivity contribution is -0.127. The minimum Gasteiger partial charge on any atom is -0.341 e. The largest absolute Gasteiger partial charge is 0.341 e. The lowest BCUT2D eigenvalue weighted by Crippen LogP contribution is -2.29. The van der Waals surface area contributed by atoms with Gasteiger partial charge in [-0.25, -0.2) is 0 Å². The molecular formula is C10H11Br2NOS. The molecule has 1 aromatic rings. The number of hydrogen-bond acceptors (Lipinski definition) is 2. The zero-order valence-corrected chi connectivity index (χ0v) is 12.1. The van der Waals surface area contributed by atoms with Crippen LogP contribution in [0.4, 0.5) is 0 Å². The fraction of sp³-hybridized carbons (Fsp3) is 0.500. The van der Waals surface area contributed by atoms with Gasteiger partial charge < -0.3 is 4.90 Å². The summed E-state index contributed by atoms with van der Waals surface area (Å²) in [4.78, 5) is 14.9. The molecule has 0 bridgehead atoms. The molecule has 2 rings (SSSR count). The third kappa shape index (κ3) is 2.82. The summed E-state index contributed by atoms with van der Waals surface area (Å²) in [6.07, 6.45) is 1.90. The maximum Gasteiger partial charge on any atom is 0.236 e. The molecule has 0 saturated carbocycles. The average molecular weight is 353 g/mol. The van der Waals surface area contributed by atoms with Gasteiger partial charge in [0.05, 0.1) is 8.61 Å². The van der Waals surface area contributed by atoms with E-state index in [1.165, 1.54) is 4.88 Å². The van der Waals surface area contributed by atoms with Crippen LogP contribution in [-0.2, 0) is 11.2 Å². The minimum absolute atomic E-state index is 0.0487. The fourth-order valence-corrected chi connectivity index (χ4v) is 3.62. The first kappa shape index (κ1) is 11.6. The molecule has 1 aliphatic heterocycles. The SMILES string of the molecule is O=C1C(Br)CCN1CCc1ccc(Br)s1. The van der Waals surface area contributed by atoms with Crippen molar-refractivity contribution < 1.29 is 4.79 Å². The van der Waals surface area contributed by atoms with Crippen LogP contribution in [0, 0.1) is 0 Å². The van der Waals surface area contributed by atoms with Crippen LogP contribution in [0.3, 0.4) is 0 Å². The molecule has 1 aromatic heterocycles. The number of hydrogen-bond donors (Lipinski definition) is 0. The number of carbonyl (C=O) groups excluding carboxylic acids is 1. The van der Waals surface area contributed by atoms with E-state index in [-0.39, 0.29) is 10.7 Å². The zero-order chi connectivity index (χ0) is 10.8. The predicted octanol–water partition coefficient (Wildman–Crippen LogP) is 3.05. The topological polar surface area (TPSA) is 20.3 Å². The summed E-state index contributed by atoms with van der Waals surface area (Å²) >= 11 is 8.56. The van der Waals surface area contributed by atoms with Gasteiger partial charge in [-0.1, -0.05) is 15.9 Å². The maximum atomic E-state index is 11.6. The van der Waals surface area contributed by atoms with Crippen molar-refractivity contribution in [3.05, 3.63) is 20.8 Å². The molecule has 1 atom stereocenters. The first-order valence-corrected chi connectivity index (χ1v) is 7.36. The molecule has 5 heteroatoms. The third-order valence-corrected chi connectivity index (χ3v) is 5.02. The molecule has 2 heterocycles. The van der Waals surface area contributed by atoms with E-state index < -0.39 is 0 Å². The number of rotatable bonds is 3. The Bertz CT molecular complexity index is 366. The molecule has 82 valence electrons. The first-order chi connectivity index (χ1) is 7.16. The molecule has 0 spiro atoms. The quantitative estimate of drug-likeness (QED) is 0.765. The van der Waals surface area contributed by atoms with E-state index in [4.69, 9.17) is 0 Å². The van der Waals surface area contributed by atoms with E-state index in [0.29, 0.717) is 0 Å². The van der Waals surface area contributed by atoms with Crippen molar-refractivity contribution in [2.45, 2.75) is 17.7 Å². The average Bonchev–Trinajstić information content (AvgIpc) is 2.74. The molecule has 0 aromatic carbocycles. The Morgan fingerprint density at radius 2 is 2.33 bits per heavy atom. The van der Waals surface area contributed by atoms with Gasteiger partial charge >= 0.3 is 0 Å². The second-order valence-corrected chi connectivity index (χ2v) is 7.19. The highest BCUT2D eigenvalue weighted by Crippen LogP contribution is 2.24. The van der Waals surface area contributed by atoms with Gasteiger partial charge in [-0.05, 0) is 40.9 Å². The highest BCUT2D eigenvalue weighted by atomic mass is 79.9. The van der Waals surface area contributed by atoms with E-state index in [1.807, 2.05) is 4.90 Å². The van der Waals surface area contributed by atoms with Crippen LogP contribution in [-0.4, -0.2) is 28.7 Å². The lowest BCUT2D eigenvalue weighted by atomic mass is 10.3. The van der Waals surface area contributed by atoms with Crippen LogP contribution in [0.25, 0.3) is 0 Å². The molecule has 2 nitrogen and oxygen atoms in total. The molecule has 1 fully saturated rings. The number of thiophene rings is 1. The second-order valence-electron chi connectivity index (χ2n) is 3.54. The van der Waals surface area contributed by atoms with Crippen molar-refractivity contribution in [2.75, 3.05) is 13.1 Å². The van der Waals surface area contributed by atoms with Crippen molar-refractivity contribution in [3.63, 3.8) is 0 Å². The number of alkyl halides is 1. The number of amides is 1. The van der Waals surface area contributed by atoms with Crippen LogP contribution >= 0.6 is 43.2 Å². The molecule has 15 heavy (non-hydrogen) atoms. The van der Waals surface area contributed by atoms with Crippen LogP contribution in [0.15, 0.2) is 15.9 Å². The number of carbonyl (C=O) groups is 1. The van der Waals surface area contributed by atoms with Gasteiger partial charge in [0.15, 0.2) is 0 Å². The highest BCUT2D eigenvalue weighted by Gasteiger charge is 2.28. The Morgan fingerprint density at radius 1 is 1.53 bits per heavy atom. The number of likely N-dealkylation sites (tertiary alicyclic amines) is 1. The summed E-state index contributed by atoms with van der Waals surface area (Å²) in [7, 11) is 0. The molecule has 0 N–H and O–H groups in total. The molecule has 0 aliphatic carbocycles. The van der Waals surface area contributed by atoms with Crippen LogP contribution in [0.2, 0.25) is 0 Å². The molecule has 1 unspecified atom stereocenters. The summed E-state index contributed by atoms with van der Waals surface area (Å²) in [5.74, 6) is 0.241. The number of nitrogens with zero attached hydrogens (tertiary/aromatic N) is 1. The molecule has 1 aliphatic rings. The standard InChI is InChI=1S/C10H11Br2NOS/c11-8-4-6-13(10(8)14)5-3-7-1-2-9(12)15-7/h1-2,8H,3-6H2. The summed E-state index contributed by atoms with van der Waals surface area (Å²) in [6, 6.07) is 4.17. The number of halogens is 2. The second kappa shape index (κ2) is 4.97. The Morgan fingerprint density at radius 3 is 2.87 bits per heavy atom. The van der Waals surface area contributed by atoms with Crippen LogP contribution in [0.5, 0.6) is 0 Å². The Balaban J connectivity index is 1.86. The van der Waals surface area contributed by atoms with Gasteiger partial charge in [-0.3, -0.25) is 4.79 Å². The smallest absolute Gasteiger partial charge is 0.236 e. The lowest BCUT2D eigenvalue weighted by Gasteiger charge is -2.14. The monoisotopic (exact) mass is 351 g/mol. The van der Waals surface area contributed by atoms with E-state index in [1.54, 1.807) is 11.3 Å². The van der Waals surface area contributed by atoms with E-state index >= 15 is 0 Å². The van der Waals surface area contributed by atoms with Crippen LogP contribution < -0.4 is 0 Å². The Hall–Kier alpha value is 0.130. The van der Waals surface area contributed by atoms with Crippen molar-refractivity contribution in [2.24, 2.45) is 0 Å². The van der Waals surface area contributed by atoms with Gasteiger partial charge in [-0.2, -0.15) is 0 Å². The highest BCUT2D eigenvalue weighted by molar-refractivity contribution is 9.11. The maximum absolute atomic E-state index is 11.6.